The van der Waals surface area contributed by atoms with Gasteiger partial charge in [-0.15, -0.1) is 0 Å². The van der Waals surface area contributed by atoms with E-state index in [-0.39, 0.29) is 11.3 Å². The fourth-order valence-electron chi connectivity index (χ4n) is 2.50. The van der Waals surface area contributed by atoms with Crippen molar-refractivity contribution < 1.29 is 9.53 Å². The number of ether oxygens (including phenoxy) is 1. The van der Waals surface area contributed by atoms with Crippen molar-refractivity contribution in [1.82, 2.24) is 10.3 Å². The predicted molar refractivity (Wildman–Crippen MR) is 91.8 cm³/mol. The Bertz CT molecular complexity index is 689. The molecule has 0 aliphatic rings. The number of methoxy groups -OCH3 is 1. The first-order valence-corrected chi connectivity index (χ1v) is 7.69. The average molecular weight is 312 g/mol. The van der Waals surface area contributed by atoms with E-state index < -0.39 is 0 Å². The summed E-state index contributed by atoms with van der Waals surface area (Å²) in [6, 6.07) is 7.73. The van der Waals surface area contributed by atoms with Crippen LogP contribution in [0.2, 0.25) is 0 Å². The van der Waals surface area contributed by atoms with E-state index in [1.54, 1.807) is 19.5 Å². The normalized spacial score (nSPS) is 11.2. The van der Waals surface area contributed by atoms with E-state index in [9.17, 15) is 4.79 Å². The van der Waals surface area contributed by atoms with Crippen molar-refractivity contribution >= 4 is 5.91 Å². The second-order valence-electron chi connectivity index (χ2n) is 6.69. The van der Waals surface area contributed by atoms with Crippen LogP contribution in [0.4, 0.5) is 0 Å². The predicted octanol–water partition coefficient (Wildman–Crippen LogP) is 3.63. The van der Waals surface area contributed by atoms with Crippen LogP contribution in [0.3, 0.4) is 0 Å². The first kappa shape index (κ1) is 17.0. The number of nitrogens with zero attached hydrogens (tertiary/aromatic N) is 1. The molecule has 1 aromatic carbocycles. The quantitative estimate of drug-likeness (QED) is 0.938. The Morgan fingerprint density at radius 2 is 2.04 bits per heavy atom. The van der Waals surface area contributed by atoms with Crippen LogP contribution in [0.5, 0.6) is 5.75 Å². The largest absolute Gasteiger partial charge is 0.496 e. The van der Waals surface area contributed by atoms with Gasteiger partial charge in [-0.05, 0) is 35.6 Å². The summed E-state index contributed by atoms with van der Waals surface area (Å²) in [6.45, 7) is 8.77. The maximum absolute atomic E-state index is 12.6. The number of carbonyl (C=O) groups is 1. The number of aryl methyl sites for hydroxylation is 1. The van der Waals surface area contributed by atoms with E-state index >= 15 is 0 Å². The molecule has 1 N–H and O–H groups in total. The lowest BCUT2D eigenvalue weighted by Crippen LogP contribution is -2.25. The van der Waals surface area contributed by atoms with Crippen molar-refractivity contribution in [2.45, 2.75) is 39.7 Å². The van der Waals surface area contributed by atoms with Gasteiger partial charge in [-0.2, -0.15) is 0 Å². The number of carbonyl (C=O) groups excluding carboxylic acids is 1. The molecule has 1 heterocycles. The highest BCUT2D eigenvalue weighted by molar-refractivity contribution is 5.97. The molecule has 23 heavy (non-hydrogen) atoms. The maximum atomic E-state index is 12.6. The summed E-state index contributed by atoms with van der Waals surface area (Å²) in [4.78, 5) is 16.7. The van der Waals surface area contributed by atoms with Gasteiger partial charge >= 0.3 is 0 Å². The van der Waals surface area contributed by atoms with Crippen LogP contribution in [-0.4, -0.2) is 18.0 Å². The molecule has 0 bridgehead atoms. The Morgan fingerprint density at radius 1 is 1.30 bits per heavy atom. The van der Waals surface area contributed by atoms with E-state index in [2.05, 4.69) is 37.1 Å². The molecular weight excluding hydrogens is 288 g/mol. The molecule has 0 aliphatic carbocycles. The minimum absolute atomic E-state index is 0.101. The molecule has 0 unspecified atom stereocenters. The summed E-state index contributed by atoms with van der Waals surface area (Å²) in [7, 11) is 1.61. The Morgan fingerprint density at radius 3 is 2.61 bits per heavy atom. The molecule has 0 atom stereocenters. The lowest BCUT2D eigenvalue weighted by molar-refractivity contribution is 0.0947. The summed E-state index contributed by atoms with van der Waals surface area (Å²) in [5, 5.41) is 2.94. The smallest absolute Gasteiger partial charge is 0.255 e. The highest BCUT2D eigenvalue weighted by Crippen LogP contribution is 2.35. The van der Waals surface area contributed by atoms with Gasteiger partial charge in [-0.1, -0.05) is 32.9 Å². The highest BCUT2D eigenvalue weighted by Gasteiger charge is 2.24. The SMILES string of the molecule is COc1c(C(=O)NCc2cccnc2)cc(C)cc1C(C)(C)C. The topological polar surface area (TPSA) is 51.2 Å². The van der Waals surface area contributed by atoms with E-state index in [1.807, 2.05) is 25.1 Å². The third-order valence-corrected chi connectivity index (χ3v) is 3.67. The molecule has 122 valence electrons. The van der Waals surface area contributed by atoms with Crippen molar-refractivity contribution in [3.63, 3.8) is 0 Å². The molecule has 4 heteroatoms. The molecule has 0 radical (unpaired) electrons. The van der Waals surface area contributed by atoms with Crippen LogP contribution < -0.4 is 10.1 Å². The molecule has 0 saturated carbocycles. The average Bonchev–Trinajstić information content (AvgIpc) is 2.52. The minimum Gasteiger partial charge on any atom is -0.496 e. The van der Waals surface area contributed by atoms with Crippen molar-refractivity contribution in [3.8, 4) is 5.75 Å². The zero-order chi connectivity index (χ0) is 17.0. The third kappa shape index (κ3) is 4.09. The molecule has 2 rings (SSSR count). The fraction of sp³-hybridized carbons (Fsp3) is 0.368. The first-order chi connectivity index (χ1) is 10.8. The Balaban J connectivity index is 2.31. The van der Waals surface area contributed by atoms with Crippen LogP contribution in [0.25, 0.3) is 0 Å². The first-order valence-electron chi connectivity index (χ1n) is 7.69. The Hall–Kier alpha value is -2.36. The molecule has 0 aliphatic heterocycles. The van der Waals surface area contributed by atoms with Crippen molar-refractivity contribution in [2.24, 2.45) is 0 Å². The van der Waals surface area contributed by atoms with Crippen molar-refractivity contribution in [3.05, 3.63) is 58.9 Å². The molecule has 1 aromatic heterocycles. The van der Waals surface area contributed by atoms with Gasteiger partial charge in [-0.3, -0.25) is 9.78 Å². The molecule has 0 fully saturated rings. The zero-order valence-corrected chi connectivity index (χ0v) is 14.4. The van der Waals surface area contributed by atoms with E-state index in [1.165, 1.54) is 0 Å². The zero-order valence-electron chi connectivity index (χ0n) is 14.4. The van der Waals surface area contributed by atoms with Gasteiger partial charge in [0.05, 0.1) is 12.7 Å². The van der Waals surface area contributed by atoms with Gasteiger partial charge in [0.2, 0.25) is 0 Å². The number of nitrogens with one attached hydrogen (secondary N) is 1. The summed E-state index contributed by atoms with van der Waals surface area (Å²) in [5.74, 6) is 0.506. The number of hydrogen-bond acceptors (Lipinski definition) is 3. The molecule has 1 amide bonds. The minimum atomic E-state index is -0.139. The second kappa shape index (κ2) is 6.82. The van der Waals surface area contributed by atoms with Crippen LogP contribution in [0.1, 0.15) is 47.8 Å². The fourth-order valence-corrected chi connectivity index (χ4v) is 2.50. The molecule has 0 spiro atoms. The Kier molecular flexibility index (Phi) is 5.04. The summed E-state index contributed by atoms with van der Waals surface area (Å²) in [5.41, 5.74) is 3.51. The van der Waals surface area contributed by atoms with Crippen LogP contribution in [-0.2, 0) is 12.0 Å². The van der Waals surface area contributed by atoms with E-state index in [0.29, 0.717) is 17.9 Å². The van der Waals surface area contributed by atoms with Crippen LogP contribution >= 0.6 is 0 Å². The van der Waals surface area contributed by atoms with Gasteiger partial charge in [0.25, 0.3) is 5.91 Å². The number of benzene rings is 1. The number of hydrogen-bond donors (Lipinski definition) is 1. The van der Waals surface area contributed by atoms with Crippen LogP contribution in [0, 0.1) is 6.92 Å². The Labute approximate surface area is 137 Å². The molecule has 0 saturated heterocycles. The highest BCUT2D eigenvalue weighted by atomic mass is 16.5. The van der Waals surface area contributed by atoms with E-state index in [4.69, 9.17) is 4.74 Å². The summed E-state index contributed by atoms with van der Waals surface area (Å²) >= 11 is 0. The van der Waals surface area contributed by atoms with Gasteiger partial charge in [0.1, 0.15) is 5.75 Å². The maximum Gasteiger partial charge on any atom is 0.255 e. The standard InChI is InChI=1S/C19H24N2O2/c1-13-9-15(17(23-5)16(10-13)19(2,3)4)18(22)21-12-14-7-6-8-20-11-14/h6-11H,12H2,1-5H3,(H,21,22). The van der Waals surface area contributed by atoms with Crippen molar-refractivity contribution in [2.75, 3.05) is 7.11 Å². The lowest BCUT2D eigenvalue weighted by atomic mass is 9.84. The molecular formula is C19H24N2O2. The van der Waals surface area contributed by atoms with Gasteiger partial charge in [-0.25, -0.2) is 0 Å². The number of aromatic nitrogens is 1. The van der Waals surface area contributed by atoms with Crippen LogP contribution in [0.15, 0.2) is 36.7 Å². The number of rotatable bonds is 4. The summed E-state index contributed by atoms with van der Waals surface area (Å²) in [6.07, 6.45) is 3.46. The number of pyridine rings is 1. The molecule has 2 aromatic rings. The van der Waals surface area contributed by atoms with E-state index in [0.717, 1.165) is 16.7 Å². The monoisotopic (exact) mass is 312 g/mol. The molecule has 4 nitrogen and oxygen atoms in total. The lowest BCUT2D eigenvalue weighted by Gasteiger charge is -2.24. The van der Waals surface area contributed by atoms with Gasteiger partial charge in [0.15, 0.2) is 0 Å². The number of amides is 1. The van der Waals surface area contributed by atoms with Gasteiger partial charge in [0, 0.05) is 24.5 Å². The third-order valence-electron chi connectivity index (χ3n) is 3.67. The van der Waals surface area contributed by atoms with Crippen molar-refractivity contribution in [1.29, 1.82) is 0 Å². The summed E-state index contributed by atoms with van der Waals surface area (Å²) < 4.78 is 5.56. The van der Waals surface area contributed by atoms with Gasteiger partial charge < -0.3 is 10.1 Å². The second-order valence-corrected chi connectivity index (χ2v) is 6.69.